The zero-order chi connectivity index (χ0) is 16.4. The molecule has 24 heavy (non-hydrogen) atoms. The SMILES string of the molecule is O=C(Nc1ccc(-n2cccn2)cc1)c1cccc2cccnc12. The minimum atomic E-state index is -0.175. The van der Waals surface area contributed by atoms with Crippen molar-refractivity contribution in [3.05, 3.63) is 84.8 Å². The Labute approximate surface area is 138 Å². The largest absolute Gasteiger partial charge is 0.322 e. The van der Waals surface area contributed by atoms with E-state index in [-0.39, 0.29) is 5.91 Å². The molecule has 0 bridgehead atoms. The molecule has 0 saturated carbocycles. The molecule has 0 aliphatic rings. The second kappa shape index (κ2) is 5.96. The Bertz CT molecular complexity index is 986. The average Bonchev–Trinajstić information content (AvgIpc) is 3.16. The third kappa shape index (κ3) is 2.63. The molecule has 1 N–H and O–H groups in total. The molecule has 2 aromatic carbocycles. The summed E-state index contributed by atoms with van der Waals surface area (Å²) in [6, 6.07) is 18.8. The van der Waals surface area contributed by atoms with Crippen LogP contribution in [0, 0.1) is 0 Å². The predicted molar refractivity (Wildman–Crippen MR) is 93.3 cm³/mol. The van der Waals surface area contributed by atoms with E-state index in [0.29, 0.717) is 11.1 Å². The van der Waals surface area contributed by atoms with Crippen LogP contribution in [0.25, 0.3) is 16.6 Å². The van der Waals surface area contributed by atoms with E-state index in [0.717, 1.165) is 16.8 Å². The Balaban J connectivity index is 1.59. The molecule has 4 aromatic rings. The van der Waals surface area contributed by atoms with Crippen LogP contribution >= 0.6 is 0 Å². The monoisotopic (exact) mass is 314 g/mol. The first-order valence-electron chi connectivity index (χ1n) is 7.56. The van der Waals surface area contributed by atoms with Crippen LogP contribution in [0.2, 0.25) is 0 Å². The molecule has 5 nitrogen and oxygen atoms in total. The molecule has 0 aliphatic carbocycles. The molecule has 2 heterocycles. The molecule has 0 fully saturated rings. The molecular weight excluding hydrogens is 300 g/mol. The predicted octanol–water partition coefficient (Wildman–Crippen LogP) is 3.67. The number of hydrogen-bond acceptors (Lipinski definition) is 3. The topological polar surface area (TPSA) is 59.8 Å². The van der Waals surface area contributed by atoms with E-state index in [9.17, 15) is 4.79 Å². The summed E-state index contributed by atoms with van der Waals surface area (Å²) < 4.78 is 1.76. The molecule has 4 rings (SSSR count). The van der Waals surface area contributed by atoms with Crippen LogP contribution in [0.3, 0.4) is 0 Å². The van der Waals surface area contributed by atoms with Gasteiger partial charge in [0.2, 0.25) is 0 Å². The molecule has 2 aromatic heterocycles. The van der Waals surface area contributed by atoms with Gasteiger partial charge < -0.3 is 5.32 Å². The normalized spacial score (nSPS) is 10.7. The number of para-hydroxylation sites is 1. The van der Waals surface area contributed by atoms with Crippen LogP contribution in [0.5, 0.6) is 0 Å². The third-order valence-corrected chi connectivity index (χ3v) is 3.77. The van der Waals surface area contributed by atoms with Crippen molar-refractivity contribution in [1.82, 2.24) is 14.8 Å². The third-order valence-electron chi connectivity index (χ3n) is 3.77. The van der Waals surface area contributed by atoms with Crippen LogP contribution in [0.1, 0.15) is 10.4 Å². The quantitative estimate of drug-likeness (QED) is 0.627. The smallest absolute Gasteiger partial charge is 0.257 e. The van der Waals surface area contributed by atoms with E-state index in [1.54, 1.807) is 23.1 Å². The second-order valence-electron chi connectivity index (χ2n) is 5.33. The summed E-state index contributed by atoms with van der Waals surface area (Å²) in [6.07, 6.45) is 5.29. The standard InChI is InChI=1S/C19H14N4O/c24-19(17-6-1-4-14-5-2-11-20-18(14)17)22-15-7-9-16(10-8-15)23-13-3-12-21-23/h1-13H,(H,22,24). The van der Waals surface area contributed by atoms with Crippen molar-refractivity contribution in [2.45, 2.75) is 0 Å². The summed E-state index contributed by atoms with van der Waals surface area (Å²) in [5.41, 5.74) is 2.92. The number of carbonyl (C=O) groups is 1. The second-order valence-corrected chi connectivity index (χ2v) is 5.33. The van der Waals surface area contributed by atoms with E-state index in [1.807, 2.05) is 60.8 Å². The minimum Gasteiger partial charge on any atom is -0.322 e. The number of aromatic nitrogens is 3. The summed E-state index contributed by atoms with van der Waals surface area (Å²) in [5.74, 6) is -0.175. The van der Waals surface area contributed by atoms with E-state index in [4.69, 9.17) is 0 Å². The van der Waals surface area contributed by atoms with Crippen LogP contribution < -0.4 is 5.32 Å². The van der Waals surface area contributed by atoms with Gasteiger partial charge in [-0.1, -0.05) is 18.2 Å². The van der Waals surface area contributed by atoms with Gasteiger partial charge in [-0.3, -0.25) is 9.78 Å². The van der Waals surface area contributed by atoms with Gasteiger partial charge in [0.25, 0.3) is 5.91 Å². The summed E-state index contributed by atoms with van der Waals surface area (Å²) in [7, 11) is 0. The van der Waals surface area contributed by atoms with Crippen molar-refractivity contribution in [2.24, 2.45) is 0 Å². The zero-order valence-electron chi connectivity index (χ0n) is 12.8. The lowest BCUT2D eigenvalue weighted by Crippen LogP contribution is -2.12. The fourth-order valence-corrected chi connectivity index (χ4v) is 2.60. The van der Waals surface area contributed by atoms with Crippen molar-refractivity contribution in [3.8, 4) is 5.69 Å². The molecule has 116 valence electrons. The number of carbonyl (C=O) groups excluding carboxylic acids is 1. The fourth-order valence-electron chi connectivity index (χ4n) is 2.60. The van der Waals surface area contributed by atoms with Crippen molar-refractivity contribution in [1.29, 1.82) is 0 Å². The molecule has 0 aliphatic heterocycles. The number of rotatable bonds is 3. The minimum absolute atomic E-state index is 0.175. The van der Waals surface area contributed by atoms with Crippen molar-refractivity contribution in [3.63, 3.8) is 0 Å². The molecule has 5 heteroatoms. The molecule has 0 radical (unpaired) electrons. The van der Waals surface area contributed by atoms with Crippen LogP contribution in [0.15, 0.2) is 79.3 Å². The first-order chi connectivity index (χ1) is 11.8. The highest BCUT2D eigenvalue weighted by molar-refractivity contribution is 6.11. The van der Waals surface area contributed by atoms with Gasteiger partial charge >= 0.3 is 0 Å². The summed E-state index contributed by atoms with van der Waals surface area (Å²) >= 11 is 0. The first-order valence-corrected chi connectivity index (χ1v) is 7.56. The van der Waals surface area contributed by atoms with Gasteiger partial charge in [-0.05, 0) is 42.5 Å². The van der Waals surface area contributed by atoms with E-state index in [2.05, 4.69) is 15.4 Å². The van der Waals surface area contributed by atoms with Crippen molar-refractivity contribution in [2.75, 3.05) is 5.32 Å². The van der Waals surface area contributed by atoms with Gasteiger partial charge in [-0.25, -0.2) is 4.68 Å². The van der Waals surface area contributed by atoms with E-state index in [1.165, 1.54) is 0 Å². The van der Waals surface area contributed by atoms with E-state index >= 15 is 0 Å². The number of hydrogen-bond donors (Lipinski definition) is 1. The summed E-state index contributed by atoms with van der Waals surface area (Å²) in [5, 5.41) is 8.04. The number of benzene rings is 2. The number of nitrogens with zero attached hydrogens (tertiary/aromatic N) is 3. The van der Waals surface area contributed by atoms with Crippen molar-refractivity contribution < 1.29 is 4.79 Å². The van der Waals surface area contributed by atoms with Gasteiger partial charge in [0.05, 0.1) is 16.8 Å². The van der Waals surface area contributed by atoms with Crippen molar-refractivity contribution >= 4 is 22.5 Å². The highest BCUT2D eigenvalue weighted by Crippen LogP contribution is 2.18. The summed E-state index contributed by atoms with van der Waals surface area (Å²) in [4.78, 5) is 16.9. The first kappa shape index (κ1) is 14.1. The number of pyridine rings is 1. The Hall–Kier alpha value is -3.47. The van der Waals surface area contributed by atoms with Gasteiger partial charge in [-0.15, -0.1) is 0 Å². The highest BCUT2D eigenvalue weighted by atomic mass is 16.1. The van der Waals surface area contributed by atoms with Gasteiger partial charge in [0.1, 0.15) is 0 Å². The zero-order valence-corrected chi connectivity index (χ0v) is 12.8. The van der Waals surface area contributed by atoms with Gasteiger partial charge in [0, 0.05) is 29.7 Å². The maximum Gasteiger partial charge on any atom is 0.257 e. The Morgan fingerprint density at radius 3 is 2.54 bits per heavy atom. The molecule has 0 spiro atoms. The van der Waals surface area contributed by atoms with Crippen LogP contribution in [-0.2, 0) is 0 Å². The lowest BCUT2D eigenvalue weighted by Gasteiger charge is -2.08. The maximum atomic E-state index is 12.6. The number of nitrogens with one attached hydrogen (secondary N) is 1. The molecule has 0 unspecified atom stereocenters. The lowest BCUT2D eigenvalue weighted by atomic mass is 10.1. The Morgan fingerprint density at radius 2 is 1.75 bits per heavy atom. The number of fused-ring (bicyclic) bond motifs is 1. The van der Waals surface area contributed by atoms with E-state index < -0.39 is 0 Å². The average molecular weight is 314 g/mol. The van der Waals surface area contributed by atoms with Crippen LogP contribution in [-0.4, -0.2) is 20.7 Å². The molecule has 0 saturated heterocycles. The molecular formula is C19H14N4O. The molecule has 1 amide bonds. The Kier molecular flexibility index (Phi) is 3.51. The Morgan fingerprint density at radius 1 is 0.917 bits per heavy atom. The number of anilines is 1. The lowest BCUT2D eigenvalue weighted by molar-refractivity contribution is 0.102. The number of amides is 1. The summed E-state index contributed by atoms with van der Waals surface area (Å²) in [6.45, 7) is 0. The molecule has 0 atom stereocenters. The fraction of sp³-hybridized carbons (Fsp3) is 0. The van der Waals surface area contributed by atoms with Crippen LogP contribution in [0.4, 0.5) is 5.69 Å². The maximum absolute atomic E-state index is 12.6. The highest BCUT2D eigenvalue weighted by Gasteiger charge is 2.11. The van der Waals surface area contributed by atoms with Gasteiger partial charge in [-0.2, -0.15) is 5.10 Å². The van der Waals surface area contributed by atoms with Gasteiger partial charge in [0.15, 0.2) is 0 Å².